The van der Waals surface area contributed by atoms with Gasteiger partial charge in [-0.3, -0.25) is 0 Å². The second-order valence-electron chi connectivity index (χ2n) is 4.02. The Morgan fingerprint density at radius 1 is 1.12 bits per heavy atom. The second-order valence-corrected chi connectivity index (χ2v) is 7.30. The van der Waals surface area contributed by atoms with Crippen LogP contribution in [0.5, 0.6) is 0 Å². The Labute approximate surface area is 103 Å². The molecule has 4 heteroatoms. The van der Waals surface area contributed by atoms with Crippen molar-refractivity contribution in [1.82, 2.24) is 0 Å². The number of thiophene rings is 1. The fourth-order valence-corrected chi connectivity index (χ4v) is 4.14. The van der Waals surface area contributed by atoms with E-state index in [9.17, 15) is 8.42 Å². The maximum Gasteiger partial charge on any atom is 0.187 e. The van der Waals surface area contributed by atoms with Crippen LogP contribution in [0.2, 0.25) is 0 Å². The molecule has 1 heterocycles. The quantitative estimate of drug-likeness (QED) is 0.665. The van der Waals surface area contributed by atoms with Crippen LogP contribution in [0.25, 0.3) is 0 Å². The molecule has 1 aromatic rings. The average molecular weight is 260 g/mol. The molecule has 0 aliphatic rings. The highest BCUT2D eigenvalue weighted by Crippen LogP contribution is 2.19. The van der Waals surface area contributed by atoms with Gasteiger partial charge in [0.2, 0.25) is 0 Å². The standard InChI is InChI=1S/C12H20O2S2/c1-2-3-4-5-6-7-11-16(13,14)12-9-8-10-15-12/h8-10H,2-7,11H2,1H3. The van der Waals surface area contributed by atoms with Gasteiger partial charge in [-0.1, -0.05) is 45.1 Å². The molecule has 0 aliphatic carbocycles. The second kappa shape index (κ2) is 7.07. The van der Waals surface area contributed by atoms with Crippen LogP contribution in [0.4, 0.5) is 0 Å². The highest BCUT2D eigenvalue weighted by atomic mass is 32.2. The molecule has 0 spiro atoms. The van der Waals surface area contributed by atoms with Crippen molar-refractivity contribution < 1.29 is 8.42 Å². The molecule has 0 N–H and O–H groups in total. The summed E-state index contributed by atoms with van der Waals surface area (Å²) in [6.07, 6.45) is 6.71. The van der Waals surface area contributed by atoms with Gasteiger partial charge in [-0.2, -0.15) is 0 Å². The Morgan fingerprint density at radius 2 is 1.81 bits per heavy atom. The molecule has 0 fully saturated rings. The number of hydrogen-bond acceptors (Lipinski definition) is 3. The van der Waals surface area contributed by atoms with Gasteiger partial charge < -0.3 is 0 Å². The van der Waals surface area contributed by atoms with E-state index in [1.54, 1.807) is 12.1 Å². The molecule has 0 unspecified atom stereocenters. The Hall–Kier alpha value is -0.350. The highest BCUT2D eigenvalue weighted by molar-refractivity contribution is 7.93. The molecule has 0 radical (unpaired) electrons. The summed E-state index contributed by atoms with van der Waals surface area (Å²) in [5.41, 5.74) is 0. The van der Waals surface area contributed by atoms with Gasteiger partial charge in [0.05, 0.1) is 5.75 Å². The molecule has 0 amide bonds. The lowest BCUT2D eigenvalue weighted by Gasteiger charge is -2.01. The fourth-order valence-electron chi connectivity index (χ4n) is 1.61. The smallest absolute Gasteiger partial charge is 0.187 e. The van der Waals surface area contributed by atoms with E-state index >= 15 is 0 Å². The van der Waals surface area contributed by atoms with E-state index in [4.69, 9.17) is 0 Å². The van der Waals surface area contributed by atoms with Crippen LogP contribution < -0.4 is 0 Å². The number of hydrogen-bond donors (Lipinski definition) is 0. The third kappa shape index (κ3) is 4.66. The third-order valence-corrected chi connectivity index (χ3v) is 5.86. The largest absolute Gasteiger partial charge is 0.223 e. The van der Waals surface area contributed by atoms with E-state index in [0.29, 0.717) is 9.96 Å². The molecule has 16 heavy (non-hydrogen) atoms. The Morgan fingerprint density at radius 3 is 2.44 bits per heavy atom. The van der Waals surface area contributed by atoms with Crippen molar-refractivity contribution in [2.75, 3.05) is 5.75 Å². The summed E-state index contributed by atoms with van der Waals surface area (Å²) in [5.74, 6) is 0.305. The minimum atomic E-state index is -2.99. The van der Waals surface area contributed by atoms with E-state index in [0.717, 1.165) is 19.3 Å². The monoisotopic (exact) mass is 260 g/mol. The third-order valence-electron chi connectivity index (χ3n) is 2.57. The van der Waals surface area contributed by atoms with E-state index in [2.05, 4.69) is 6.92 Å². The minimum absolute atomic E-state index is 0.305. The summed E-state index contributed by atoms with van der Waals surface area (Å²) >= 11 is 1.31. The predicted octanol–water partition coefficient (Wildman–Crippen LogP) is 3.88. The Kier molecular flexibility index (Phi) is 6.06. The summed E-state index contributed by atoms with van der Waals surface area (Å²) in [7, 11) is -2.99. The van der Waals surface area contributed by atoms with Crippen LogP contribution in [0.1, 0.15) is 45.4 Å². The van der Waals surface area contributed by atoms with Gasteiger partial charge in [0.25, 0.3) is 0 Å². The highest BCUT2D eigenvalue weighted by Gasteiger charge is 2.14. The van der Waals surface area contributed by atoms with Crippen molar-refractivity contribution in [2.24, 2.45) is 0 Å². The van der Waals surface area contributed by atoms with Crippen LogP contribution >= 0.6 is 11.3 Å². The molecule has 0 aromatic carbocycles. The molecule has 0 saturated heterocycles. The van der Waals surface area contributed by atoms with Crippen molar-refractivity contribution >= 4 is 21.2 Å². The summed E-state index contributed by atoms with van der Waals surface area (Å²) in [6.45, 7) is 2.18. The van der Waals surface area contributed by atoms with Gasteiger partial charge in [-0.05, 0) is 17.9 Å². The molecular formula is C12H20O2S2. The average Bonchev–Trinajstić information content (AvgIpc) is 2.77. The van der Waals surface area contributed by atoms with Crippen molar-refractivity contribution in [3.63, 3.8) is 0 Å². The van der Waals surface area contributed by atoms with E-state index < -0.39 is 9.84 Å². The zero-order chi connectivity index (χ0) is 11.9. The van der Waals surface area contributed by atoms with Gasteiger partial charge in [-0.15, -0.1) is 11.3 Å². The van der Waals surface area contributed by atoms with E-state index in [1.165, 1.54) is 30.6 Å². The summed E-state index contributed by atoms with van der Waals surface area (Å²) < 4.78 is 24.1. The minimum Gasteiger partial charge on any atom is -0.223 e. The van der Waals surface area contributed by atoms with Crippen LogP contribution in [-0.2, 0) is 9.84 Å². The molecule has 0 bridgehead atoms. The molecule has 2 nitrogen and oxygen atoms in total. The number of sulfone groups is 1. The topological polar surface area (TPSA) is 34.1 Å². The normalized spacial score (nSPS) is 11.8. The van der Waals surface area contributed by atoms with Gasteiger partial charge >= 0.3 is 0 Å². The van der Waals surface area contributed by atoms with Gasteiger partial charge in [0.1, 0.15) is 4.21 Å². The summed E-state index contributed by atoms with van der Waals surface area (Å²) in [6, 6.07) is 3.48. The first-order valence-corrected chi connectivity index (χ1v) is 8.46. The van der Waals surface area contributed by atoms with Crippen LogP contribution in [0.3, 0.4) is 0 Å². The summed E-state index contributed by atoms with van der Waals surface area (Å²) in [4.78, 5) is 0. The lowest BCUT2D eigenvalue weighted by atomic mass is 10.1. The Bertz CT molecular complexity index is 366. The van der Waals surface area contributed by atoms with Crippen molar-refractivity contribution in [3.05, 3.63) is 17.5 Å². The first-order valence-electron chi connectivity index (χ1n) is 5.93. The van der Waals surface area contributed by atoms with Crippen LogP contribution in [0, 0.1) is 0 Å². The van der Waals surface area contributed by atoms with E-state index in [1.807, 2.05) is 5.38 Å². The summed E-state index contributed by atoms with van der Waals surface area (Å²) in [5, 5.41) is 1.81. The number of rotatable bonds is 8. The molecule has 0 atom stereocenters. The Balaban J connectivity index is 2.22. The molecule has 1 aromatic heterocycles. The maximum absolute atomic E-state index is 11.8. The zero-order valence-electron chi connectivity index (χ0n) is 9.81. The fraction of sp³-hybridized carbons (Fsp3) is 0.667. The van der Waals surface area contributed by atoms with Gasteiger partial charge in [-0.25, -0.2) is 8.42 Å². The lowest BCUT2D eigenvalue weighted by molar-refractivity contribution is 0.585. The first kappa shape index (κ1) is 13.7. The predicted molar refractivity (Wildman–Crippen MR) is 69.7 cm³/mol. The van der Waals surface area contributed by atoms with E-state index in [-0.39, 0.29) is 0 Å². The van der Waals surface area contributed by atoms with Gasteiger partial charge in [0.15, 0.2) is 9.84 Å². The molecular weight excluding hydrogens is 240 g/mol. The molecule has 1 rings (SSSR count). The van der Waals surface area contributed by atoms with Crippen molar-refractivity contribution in [1.29, 1.82) is 0 Å². The first-order chi connectivity index (χ1) is 7.67. The SMILES string of the molecule is CCCCCCCCS(=O)(=O)c1cccs1. The van der Waals surface area contributed by atoms with Gasteiger partial charge in [0, 0.05) is 0 Å². The molecule has 92 valence electrons. The number of unbranched alkanes of at least 4 members (excludes halogenated alkanes) is 5. The van der Waals surface area contributed by atoms with Crippen molar-refractivity contribution in [2.45, 2.75) is 49.7 Å². The van der Waals surface area contributed by atoms with Crippen molar-refractivity contribution in [3.8, 4) is 0 Å². The maximum atomic E-state index is 11.8. The van der Waals surface area contributed by atoms with Crippen LogP contribution in [-0.4, -0.2) is 14.2 Å². The molecule has 0 saturated carbocycles. The lowest BCUT2D eigenvalue weighted by Crippen LogP contribution is -2.04. The zero-order valence-corrected chi connectivity index (χ0v) is 11.4. The van der Waals surface area contributed by atoms with Crippen LogP contribution in [0.15, 0.2) is 21.7 Å². The molecule has 0 aliphatic heterocycles.